The van der Waals surface area contributed by atoms with Gasteiger partial charge in [-0.15, -0.1) is 0 Å². The van der Waals surface area contributed by atoms with Gasteiger partial charge in [-0.3, -0.25) is 4.79 Å². The number of halogens is 3. The molecule has 0 atom stereocenters. The Labute approximate surface area is 113 Å². The average molecular weight is 289 g/mol. The maximum atomic E-state index is 12.8. The Morgan fingerprint density at radius 1 is 1.40 bits per heavy atom. The van der Waals surface area contributed by atoms with Gasteiger partial charge in [0.15, 0.2) is 0 Å². The summed E-state index contributed by atoms with van der Waals surface area (Å²) in [6, 6.07) is 2.90. The summed E-state index contributed by atoms with van der Waals surface area (Å²) in [5.41, 5.74) is -1.62. The molecule has 1 rings (SSSR count). The largest absolute Gasteiger partial charge is 0.466 e. The fourth-order valence-electron chi connectivity index (χ4n) is 1.66. The van der Waals surface area contributed by atoms with E-state index < -0.39 is 23.4 Å². The number of alkyl halides is 3. The van der Waals surface area contributed by atoms with Crippen LogP contribution in [0.2, 0.25) is 0 Å². The second kappa shape index (κ2) is 6.40. The van der Waals surface area contributed by atoms with Crippen LogP contribution in [-0.2, 0) is 22.3 Å². The number of pyridine rings is 1. The third kappa shape index (κ3) is 3.72. The highest BCUT2D eigenvalue weighted by Gasteiger charge is 2.33. The summed E-state index contributed by atoms with van der Waals surface area (Å²) in [6.07, 6.45) is -3.07. The fraction of sp³-hybridized carbons (Fsp3) is 0.385. The van der Waals surface area contributed by atoms with E-state index in [1.807, 2.05) is 0 Å². The second-order valence-corrected chi connectivity index (χ2v) is 3.93. The summed E-state index contributed by atoms with van der Waals surface area (Å²) < 4.78 is 43.4. The van der Waals surface area contributed by atoms with Crippen molar-refractivity contribution >= 4 is 5.97 Å². The highest BCUT2D eigenvalue weighted by Crippen LogP contribution is 2.28. The summed E-state index contributed by atoms with van der Waals surface area (Å²) in [7, 11) is 1.18. The van der Waals surface area contributed by atoms with Crippen molar-refractivity contribution in [3.63, 3.8) is 0 Å². The van der Waals surface area contributed by atoms with Crippen LogP contribution in [0, 0.1) is 0 Å². The fourth-order valence-corrected chi connectivity index (χ4v) is 1.66. The van der Waals surface area contributed by atoms with Crippen LogP contribution in [0.4, 0.5) is 13.2 Å². The molecule has 0 radical (unpaired) electrons. The van der Waals surface area contributed by atoms with Crippen molar-refractivity contribution in [1.29, 1.82) is 0 Å². The van der Waals surface area contributed by atoms with Crippen LogP contribution in [0.15, 0.2) is 34.6 Å². The topological polar surface area (TPSA) is 48.3 Å². The van der Waals surface area contributed by atoms with Crippen LogP contribution in [0.25, 0.3) is 0 Å². The molecular weight excluding hydrogens is 275 g/mol. The Morgan fingerprint density at radius 2 is 2.05 bits per heavy atom. The number of nitrogens with zero attached hydrogens (tertiary/aromatic N) is 1. The number of methoxy groups -OCH3 is 1. The molecule has 1 aromatic heterocycles. The number of esters is 1. The molecule has 0 saturated carbocycles. The van der Waals surface area contributed by atoms with Crippen LogP contribution < -0.4 is 5.56 Å². The van der Waals surface area contributed by atoms with E-state index in [2.05, 4.69) is 4.74 Å². The van der Waals surface area contributed by atoms with Crippen molar-refractivity contribution in [1.82, 2.24) is 4.57 Å². The number of hydrogen-bond acceptors (Lipinski definition) is 3. The molecule has 0 N–H and O–H groups in total. The van der Waals surface area contributed by atoms with Crippen molar-refractivity contribution < 1.29 is 22.7 Å². The van der Waals surface area contributed by atoms with Gasteiger partial charge >= 0.3 is 12.1 Å². The van der Waals surface area contributed by atoms with Crippen LogP contribution in [0.5, 0.6) is 0 Å². The molecule has 0 saturated heterocycles. The van der Waals surface area contributed by atoms with Gasteiger partial charge in [-0.1, -0.05) is 19.1 Å². The van der Waals surface area contributed by atoms with Gasteiger partial charge in [0.2, 0.25) is 0 Å². The van der Waals surface area contributed by atoms with Gasteiger partial charge in [-0.2, -0.15) is 13.2 Å². The van der Waals surface area contributed by atoms with E-state index in [9.17, 15) is 22.8 Å². The molecule has 0 unspecified atom stereocenters. The summed E-state index contributed by atoms with van der Waals surface area (Å²) in [4.78, 5) is 22.9. The van der Waals surface area contributed by atoms with Gasteiger partial charge in [-0.05, 0) is 12.5 Å². The zero-order chi connectivity index (χ0) is 15.3. The molecule has 7 heteroatoms. The minimum Gasteiger partial charge on any atom is -0.466 e. The van der Waals surface area contributed by atoms with Gasteiger partial charge in [-0.25, -0.2) is 4.79 Å². The molecule has 0 spiro atoms. The maximum absolute atomic E-state index is 12.8. The van der Waals surface area contributed by atoms with E-state index in [4.69, 9.17) is 0 Å². The number of ether oxygens (including phenoxy) is 1. The quantitative estimate of drug-likeness (QED) is 0.631. The first-order chi connectivity index (χ1) is 9.31. The van der Waals surface area contributed by atoms with E-state index in [0.717, 1.165) is 18.2 Å². The maximum Gasteiger partial charge on any atom is 0.431 e. The van der Waals surface area contributed by atoms with Gasteiger partial charge in [0, 0.05) is 18.2 Å². The molecule has 0 fully saturated rings. The Hall–Kier alpha value is -2.05. The summed E-state index contributed by atoms with van der Waals surface area (Å²) in [6.45, 7) is 1.33. The molecule has 0 bridgehead atoms. The molecule has 0 amide bonds. The normalized spacial score (nSPS) is 12.3. The molecule has 0 aliphatic carbocycles. The van der Waals surface area contributed by atoms with E-state index in [1.54, 1.807) is 6.92 Å². The predicted octanol–water partition coefficient (Wildman–Crippen LogP) is 2.38. The van der Waals surface area contributed by atoms with Gasteiger partial charge in [0.1, 0.15) is 5.69 Å². The molecule has 1 aromatic rings. The predicted molar refractivity (Wildman–Crippen MR) is 66.1 cm³/mol. The highest BCUT2D eigenvalue weighted by molar-refractivity contribution is 5.88. The van der Waals surface area contributed by atoms with E-state index >= 15 is 0 Å². The SMILES string of the molecule is CC/C(=C/Cn1c(C(F)(F)F)cccc1=O)C(=O)OC. The molecule has 110 valence electrons. The third-order valence-corrected chi connectivity index (χ3v) is 2.69. The Morgan fingerprint density at radius 3 is 2.55 bits per heavy atom. The average Bonchev–Trinajstić information content (AvgIpc) is 2.39. The van der Waals surface area contributed by atoms with Gasteiger partial charge in [0.05, 0.1) is 7.11 Å². The van der Waals surface area contributed by atoms with E-state index in [1.165, 1.54) is 13.2 Å². The van der Waals surface area contributed by atoms with Crippen molar-refractivity contribution in [3.8, 4) is 0 Å². The first-order valence-electron chi connectivity index (χ1n) is 5.85. The van der Waals surface area contributed by atoms with Crippen LogP contribution >= 0.6 is 0 Å². The summed E-state index contributed by atoms with van der Waals surface area (Å²) in [5.74, 6) is -0.620. The number of allylic oxidation sites excluding steroid dienone is 1. The number of rotatable bonds is 4. The van der Waals surface area contributed by atoms with Gasteiger partial charge < -0.3 is 9.30 Å². The third-order valence-electron chi connectivity index (χ3n) is 2.69. The number of aromatic nitrogens is 1. The lowest BCUT2D eigenvalue weighted by atomic mass is 10.2. The summed E-state index contributed by atoms with van der Waals surface area (Å²) >= 11 is 0. The Kier molecular flexibility index (Phi) is 5.12. The number of carbonyl (C=O) groups is 1. The van der Waals surface area contributed by atoms with Crippen molar-refractivity contribution in [2.24, 2.45) is 0 Å². The standard InChI is InChI=1S/C13H14F3NO3/c1-3-9(12(19)20-2)7-8-17-10(13(14,15)16)5-4-6-11(17)18/h4-7H,3,8H2,1-2H3/b9-7-. The summed E-state index contributed by atoms with van der Waals surface area (Å²) in [5, 5.41) is 0. The van der Waals surface area contributed by atoms with Crippen molar-refractivity contribution in [2.75, 3.05) is 7.11 Å². The van der Waals surface area contributed by atoms with Crippen LogP contribution in [-0.4, -0.2) is 17.6 Å². The minimum atomic E-state index is -4.63. The molecule has 4 nitrogen and oxygen atoms in total. The Balaban J connectivity index is 3.19. The molecule has 20 heavy (non-hydrogen) atoms. The number of carbonyl (C=O) groups excluding carboxylic acids is 1. The van der Waals surface area contributed by atoms with E-state index in [0.29, 0.717) is 11.0 Å². The molecule has 0 aliphatic rings. The molecule has 1 heterocycles. The molecule has 0 aromatic carbocycles. The zero-order valence-electron chi connectivity index (χ0n) is 11.0. The lowest BCUT2D eigenvalue weighted by Crippen LogP contribution is -2.27. The lowest BCUT2D eigenvalue weighted by molar-refractivity contribution is -0.144. The van der Waals surface area contributed by atoms with Crippen LogP contribution in [0.1, 0.15) is 19.0 Å². The zero-order valence-corrected chi connectivity index (χ0v) is 11.0. The minimum absolute atomic E-state index is 0.219. The van der Waals surface area contributed by atoms with Crippen molar-refractivity contribution in [3.05, 3.63) is 45.9 Å². The molecular formula is C13H14F3NO3. The first-order valence-corrected chi connectivity index (χ1v) is 5.85. The van der Waals surface area contributed by atoms with Gasteiger partial charge in [0.25, 0.3) is 5.56 Å². The molecule has 0 aliphatic heterocycles. The highest BCUT2D eigenvalue weighted by atomic mass is 19.4. The first kappa shape index (κ1) is 16.0. The number of hydrogen-bond donors (Lipinski definition) is 0. The Bertz CT molecular complexity index is 573. The monoisotopic (exact) mass is 289 g/mol. The van der Waals surface area contributed by atoms with Crippen molar-refractivity contribution in [2.45, 2.75) is 26.1 Å². The lowest BCUT2D eigenvalue weighted by Gasteiger charge is -2.13. The smallest absolute Gasteiger partial charge is 0.431 e. The van der Waals surface area contributed by atoms with E-state index in [-0.39, 0.29) is 12.1 Å². The second-order valence-electron chi connectivity index (χ2n) is 3.93. The van der Waals surface area contributed by atoms with Crippen LogP contribution in [0.3, 0.4) is 0 Å².